The molecular weight excluding hydrogens is 132 g/mol. The molecule has 0 heterocycles. The van der Waals surface area contributed by atoms with Crippen LogP contribution in [0.4, 0.5) is 0 Å². The second-order valence-electron chi connectivity index (χ2n) is 2.05. The number of Topliss-reactive ketones (excluding diaryl/α,β-unsaturated/α-hetero) is 1. The lowest BCUT2D eigenvalue weighted by atomic mass is 10.4. The number of carbonyl (C=O) groups excluding carboxylic acids is 1. The fraction of sp³-hybridized carbons (Fsp3) is 0.714. The van der Waals surface area contributed by atoms with Crippen molar-refractivity contribution in [2.75, 3.05) is 0 Å². The van der Waals surface area contributed by atoms with E-state index in [9.17, 15) is 9.59 Å². The highest BCUT2D eigenvalue weighted by molar-refractivity contribution is 5.72. The molecule has 0 atom stereocenters. The van der Waals surface area contributed by atoms with Crippen LogP contribution in [0, 0.1) is 0 Å². The Morgan fingerprint density at radius 2 is 1.60 bits per heavy atom. The van der Waals surface area contributed by atoms with E-state index in [1.54, 1.807) is 0 Å². The van der Waals surface area contributed by atoms with Crippen molar-refractivity contribution in [3.05, 3.63) is 0 Å². The maximum atomic E-state index is 9.60. The van der Waals surface area contributed by atoms with Gasteiger partial charge in [0.15, 0.2) is 0 Å². The summed E-state index contributed by atoms with van der Waals surface area (Å²) in [5, 5.41) is 7.91. The zero-order valence-electron chi connectivity index (χ0n) is 6.68. The van der Waals surface area contributed by atoms with Gasteiger partial charge in [-0.3, -0.25) is 4.79 Å². The minimum absolute atomic E-state index is 0.167. The minimum Gasteiger partial charge on any atom is -0.481 e. The van der Waals surface area contributed by atoms with Gasteiger partial charge in [-0.15, -0.1) is 0 Å². The average Bonchev–Trinajstić information content (AvgIpc) is 1.62. The molecule has 0 aliphatic rings. The van der Waals surface area contributed by atoms with Gasteiger partial charge in [-0.2, -0.15) is 0 Å². The molecule has 0 aliphatic heterocycles. The van der Waals surface area contributed by atoms with Crippen molar-refractivity contribution in [2.45, 2.75) is 33.6 Å². The number of hydrogen-bond donors (Lipinski definition) is 1. The Hall–Kier alpha value is -0.860. The van der Waals surface area contributed by atoms with Gasteiger partial charge in [0.05, 0.1) is 0 Å². The third-order valence-electron chi connectivity index (χ3n) is 0.464. The van der Waals surface area contributed by atoms with Gasteiger partial charge in [0.2, 0.25) is 0 Å². The van der Waals surface area contributed by atoms with Gasteiger partial charge in [-0.25, -0.2) is 0 Å². The molecular formula is C7H14O3. The molecule has 0 aromatic heterocycles. The molecule has 0 aromatic rings. The lowest BCUT2D eigenvalue weighted by Gasteiger charge is -1.79. The number of carboxylic acid groups (broad SMARTS) is 1. The molecule has 0 aromatic carbocycles. The van der Waals surface area contributed by atoms with E-state index in [1.165, 1.54) is 13.8 Å². The summed E-state index contributed by atoms with van der Waals surface area (Å²) in [4.78, 5) is 19.0. The van der Waals surface area contributed by atoms with Gasteiger partial charge in [0.25, 0.3) is 0 Å². The molecule has 3 heteroatoms. The van der Waals surface area contributed by atoms with E-state index in [2.05, 4.69) is 0 Å². The van der Waals surface area contributed by atoms with Gasteiger partial charge in [-0.05, 0) is 20.3 Å². The Balaban J connectivity index is 0. The van der Waals surface area contributed by atoms with E-state index in [0.717, 1.165) is 6.42 Å². The molecule has 0 bridgehead atoms. The van der Waals surface area contributed by atoms with Gasteiger partial charge in [-0.1, -0.05) is 6.92 Å². The number of carbonyl (C=O) groups is 2. The van der Waals surface area contributed by atoms with E-state index in [0.29, 0.717) is 6.42 Å². The Labute approximate surface area is 61.1 Å². The highest BCUT2D eigenvalue weighted by atomic mass is 16.4. The summed E-state index contributed by atoms with van der Waals surface area (Å²) in [6.45, 7) is 4.90. The number of hydrogen-bond acceptors (Lipinski definition) is 2. The summed E-state index contributed by atoms with van der Waals surface area (Å²) >= 11 is 0. The Morgan fingerprint density at radius 1 is 1.30 bits per heavy atom. The molecule has 0 saturated heterocycles. The fourth-order valence-electron chi connectivity index (χ4n) is 0.214. The van der Waals surface area contributed by atoms with Crippen LogP contribution in [-0.4, -0.2) is 16.9 Å². The lowest BCUT2D eigenvalue weighted by Crippen LogP contribution is -1.90. The molecule has 60 valence electrons. The van der Waals surface area contributed by atoms with Gasteiger partial charge >= 0.3 is 5.97 Å². The first-order chi connectivity index (χ1) is 4.50. The van der Waals surface area contributed by atoms with E-state index >= 15 is 0 Å². The standard InChI is InChI=1S/C4H8O2.C3H6O/c1-2-3-4(5)6;1-3(2)4/h2-3H2,1H3,(H,5,6);1-2H3. The third kappa shape index (κ3) is 58.8. The third-order valence-corrected chi connectivity index (χ3v) is 0.464. The second-order valence-corrected chi connectivity index (χ2v) is 2.05. The molecule has 0 rings (SSSR count). The predicted octanol–water partition coefficient (Wildman–Crippen LogP) is 1.47. The first-order valence-corrected chi connectivity index (χ1v) is 3.19. The molecule has 0 aliphatic carbocycles. The number of rotatable bonds is 2. The Kier molecular flexibility index (Phi) is 9.67. The van der Waals surface area contributed by atoms with Crippen molar-refractivity contribution < 1.29 is 14.7 Å². The molecule has 0 amide bonds. The molecule has 0 radical (unpaired) electrons. The van der Waals surface area contributed by atoms with E-state index < -0.39 is 5.97 Å². The lowest BCUT2D eigenvalue weighted by molar-refractivity contribution is -0.137. The molecule has 0 fully saturated rings. The van der Waals surface area contributed by atoms with E-state index in [1.807, 2.05) is 6.92 Å². The summed E-state index contributed by atoms with van der Waals surface area (Å²) in [6, 6.07) is 0. The Bertz CT molecular complexity index is 103. The highest BCUT2D eigenvalue weighted by Crippen LogP contribution is 1.82. The van der Waals surface area contributed by atoms with Crippen LogP contribution < -0.4 is 0 Å². The summed E-state index contributed by atoms with van der Waals surface area (Å²) in [5.41, 5.74) is 0. The van der Waals surface area contributed by atoms with Crippen LogP contribution >= 0.6 is 0 Å². The second kappa shape index (κ2) is 8.14. The molecule has 0 unspecified atom stereocenters. The van der Waals surface area contributed by atoms with Crippen LogP contribution in [0.15, 0.2) is 0 Å². The van der Waals surface area contributed by atoms with Crippen molar-refractivity contribution in [3.8, 4) is 0 Å². The zero-order valence-corrected chi connectivity index (χ0v) is 6.68. The predicted molar refractivity (Wildman–Crippen MR) is 38.9 cm³/mol. The van der Waals surface area contributed by atoms with Crippen LogP contribution in [-0.2, 0) is 9.59 Å². The average molecular weight is 146 g/mol. The fourth-order valence-corrected chi connectivity index (χ4v) is 0.214. The molecule has 10 heavy (non-hydrogen) atoms. The van der Waals surface area contributed by atoms with Crippen LogP contribution in [0.5, 0.6) is 0 Å². The summed E-state index contributed by atoms with van der Waals surface area (Å²) in [7, 11) is 0. The summed E-state index contributed by atoms with van der Waals surface area (Å²) < 4.78 is 0. The number of aliphatic carboxylic acids is 1. The van der Waals surface area contributed by atoms with Gasteiger partial charge in [0, 0.05) is 6.42 Å². The zero-order chi connectivity index (χ0) is 8.57. The maximum Gasteiger partial charge on any atom is 0.303 e. The maximum absolute atomic E-state index is 9.60. The molecule has 1 N–H and O–H groups in total. The van der Waals surface area contributed by atoms with Crippen LogP contribution in [0.2, 0.25) is 0 Å². The first kappa shape index (κ1) is 11.9. The number of ketones is 1. The highest BCUT2D eigenvalue weighted by Gasteiger charge is 1.87. The minimum atomic E-state index is -0.711. The Morgan fingerprint density at radius 3 is 1.60 bits per heavy atom. The first-order valence-electron chi connectivity index (χ1n) is 3.19. The van der Waals surface area contributed by atoms with Gasteiger partial charge in [0.1, 0.15) is 5.78 Å². The van der Waals surface area contributed by atoms with Gasteiger partial charge < -0.3 is 9.90 Å². The summed E-state index contributed by atoms with van der Waals surface area (Å²) in [6.07, 6.45) is 1.02. The quantitative estimate of drug-likeness (QED) is 0.641. The van der Waals surface area contributed by atoms with Crippen molar-refractivity contribution in [2.24, 2.45) is 0 Å². The van der Waals surface area contributed by atoms with Crippen LogP contribution in [0.3, 0.4) is 0 Å². The smallest absolute Gasteiger partial charge is 0.303 e. The van der Waals surface area contributed by atoms with Crippen LogP contribution in [0.1, 0.15) is 33.6 Å². The topological polar surface area (TPSA) is 54.4 Å². The normalized spacial score (nSPS) is 7.50. The molecule has 0 spiro atoms. The number of carboxylic acids is 1. The van der Waals surface area contributed by atoms with Crippen molar-refractivity contribution in [1.82, 2.24) is 0 Å². The monoisotopic (exact) mass is 146 g/mol. The van der Waals surface area contributed by atoms with E-state index in [4.69, 9.17) is 5.11 Å². The van der Waals surface area contributed by atoms with Crippen molar-refractivity contribution in [1.29, 1.82) is 0 Å². The largest absolute Gasteiger partial charge is 0.481 e. The summed E-state index contributed by atoms with van der Waals surface area (Å²) in [5.74, 6) is -0.544. The van der Waals surface area contributed by atoms with Crippen molar-refractivity contribution in [3.63, 3.8) is 0 Å². The molecule has 0 saturated carbocycles. The molecule has 3 nitrogen and oxygen atoms in total. The van der Waals surface area contributed by atoms with Crippen LogP contribution in [0.25, 0.3) is 0 Å². The van der Waals surface area contributed by atoms with E-state index in [-0.39, 0.29) is 5.78 Å². The van der Waals surface area contributed by atoms with Crippen molar-refractivity contribution >= 4 is 11.8 Å². The SMILES string of the molecule is CC(C)=O.CCCC(=O)O.